The minimum Gasteiger partial charge on any atom is -0.497 e. The van der Waals surface area contributed by atoms with Crippen LogP contribution in [-0.2, 0) is 11.3 Å². The Morgan fingerprint density at radius 2 is 1.84 bits per heavy atom. The summed E-state index contributed by atoms with van der Waals surface area (Å²) in [5, 5.41) is 6.95. The summed E-state index contributed by atoms with van der Waals surface area (Å²) in [6.07, 6.45) is -5.10. The average molecular weight is 535 g/mol. The van der Waals surface area contributed by atoms with Crippen LogP contribution in [0.4, 0.5) is 28.5 Å². The molecule has 3 heterocycles. The Kier molecular flexibility index (Phi) is 6.73. The summed E-state index contributed by atoms with van der Waals surface area (Å²) in [4.78, 5) is 20.8. The van der Waals surface area contributed by atoms with Crippen LogP contribution in [0.2, 0.25) is 0 Å². The summed E-state index contributed by atoms with van der Waals surface area (Å²) >= 11 is 1.21. The molecule has 1 saturated heterocycles. The maximum atomic E-state index is 13.4. The third kappa shape index (κ3) is 5.37. The predicted octanol–water partition coefficient (Wildman–Crippen LogP) is 4.43. The second kappa shape index (κ2) is 9.98. The van der Waals surface area contributed by atoms with Crippen LogP contribution in [0.15, 0.2) is 48.5 Å². The molecule has 0 spiro atoms. The minimum absolute atomic E-state index is 0.0750. The van der Waals surface area contributed by atoms with Crippen LogP contribution in [0.25, 0.3) is 16.2 Å². The first-order valence-electron chi connectivity index (χ1n) is 11.3. The van der Waals surface area contributed by atoms with E-state index in [1.165, 1.54) is 40.1 Å². The van der Waals surface area contributed by atoms with E-state index in [0.717, 1.165) is 30.9 Å². The monoisotopic (exact) mass is 534 g/mol. The Bertz CT molecular complexity index is 1410. The van der Waals surface area contributed by atoms with Gasteiger partial charge in [-0.1, -0.05) is 23.5 Å². The number of amides is 1. The van der Waals surface area contributed by atoms with Gasteiger partial charge in [0.2, 0.25) is 10.1 Å². The number of ether oxygens (including phenoxy) is 1. The van der Waals surface area contributed by atoms with Gasteiger partial charge < -0.3 is 15.0 Å². The van der Waals surface area contributed by atoms with Crippen molar-refractivity contribution >= 4 is 33.2 Å². The molecule has 2 aromatic carbocycles. The van der Waals surface area contributed by atoms with Gasteiger partial charge in [-0.05, 0) is 42.0 Å². The van der Waals surface area contributed by atoms with Gasteiger partial charge >= 0.3 is 12.1 Å². The van der Waals surface area contributed by atoms with Crippen molar-refractivity contribution in [3.05, 3.63) is 59.9 Å². The maximum absolute atomic E-state index is 13.4. The highest BCUT2D eigenvalue weighted by Crippen LogP contribution is 2.34. The molecular weight excluding hydrogens is 512 g/mol. The van der Waals surface area contributed by atoms with E-state index >= 15 is 0 Å². The molecule has 0 aliphatic carbocycles. The zero-order valence-electron chi connectivity index (χ0n) is 19.6. The molecule has 0 saturated carbocycles. The molecule has 8 nitrogen and oxygen atoms in total. The lowest BCUT2D eigenvalue weighted by Crippen LogP contribution is -2.46. The molecule has 1 aliphatic heterocycles. The van der Waals surface area contributed by atoms with E-state index < -0.39 is 17.9 Å². The molecular formula is C24H22F4N6O2S. The molecule has 1 aliphatic rings. The summed E-state index contributed by atoms with van der Waals surface area (Å²) in [5.74, 6) is -2.06. The molecule has 13 heteroatoms. The zero-order valence-corrected chi connectivity index (χ0v) is 20.4. The molecule has 0 bridgehead atoms. The number of imidazole rings is 1. The van der Waals surface area contributed by atoms with Crippen LogP contribution in [0.1, 0.15) is 5.56 Å². The minimum atomic E-state index is -5.10. The molecule has 194 valence electrons. The van der Waals surface area contributed by atoms with Crippen LogP contribution in [-0.4, -0.2) is 64.9 Å². The standard InChI is InChI=1S/C24H22F4N6O2S/c1-36-18-4-2-3-15(13-18)14-32-9-11-33(12-10-32)23-31-34-20(30-21(35)24(26,27)28)19(29-22(34)37-23)16-5-7-17(25)8-6-16/h2-8,13H,9-12,14H2,1H3,(H,30,35). The topological polar surface area (TPSA) is 75.0 Å². The Hall–Kier alpha value is -3.71. The van der Waals surface area contributed by atoms with Gasteiger partial charge in [0.25, 0.3) is 0 Å². The zero-order chi connectivity index (χ0) is 26.2. The highest BCUT2D eigenvalue weighted by molar-refractivity contribution is 7.20. The lowest BCUT2D eigenvalue weighted by Gasteiger charge is -2.34. The van der Waals surface area contributed by atoms with Crippen molar-refractivity contribution in [1.29, 1.82) is 0 Å². The van der Waals surface area contributed by atoms with Gasteiger partial charge in [0.05, 0.1) is 7.11 Å². The molecule has 1 fully saturated rings. The van der Waals surface area contributed by atoms with Crippen molar-refractivity contribution in [2.75, 3.05) is 43.5 Å². The van der Waals surface area contributed by atoms with Crippen molar-refractivity contribution in [1.82, 2.24) is 19.5 Å². The number of rotatable bonds is 6. The number of carbonyl (C=O) groups excluding carboxylic acids is 1. The number of hydrogen-bond donors (Lipinski definition) is 1. The number of aromatic nitrogens is 3. The summed E-state index contributed by atoms with van der Waals surface area (Å²) in [7, 11) is 1.63. The number of nitrogens with zero attached hydrogens (tertiary/aromatic N) is 5. The van der Waals surface area contributed by atoms with Crippen LogP contribution in [0.5, 0.6) is 5.75 Å². The van der Waals surface area contributed by atoms with E-state index in [1.807, 2.05) is 34.5 Å². The molecule has 5 rings (SSSR count). The quantitative estimate of drug-likeness (QED) is 0.369. The third-order valence-corrected chi connectivity index (χ3v) is 6.95. The second-order valence-electron chi connectivity index (χ2n) is 8.46. The van der Waals surface area contributed by atoms with Crippen molar-refractivity contribution in [3.8, 4) is 17.0 Å². The number of halogens is 4. The smallest absolute Gasteiger partial charge is 0.471 e. The number of piperazine rings is 1. The van der Waals surface area contributed by atoms with Gasteiger partial charge in [0, 0.05) is 38.3 Å². The van der Waals surface area contributed by atoms with E-state index in [4.69, 9.17) is 4.74 Å². The van der Waals surface area contributed by atoms with Crippen molar-refractivity contribution < 1.29 is 27.1 Å². The van der Waals surface area contributed by atoms with E-state index in [0.29, 0.717) is 28.7 Å². The average Bonchev–Trinajstić information content (AvgIpc) is 3.44. The van der Waals surface area contributed by atoms with E-state index in [9.17, 15) is 22.4 Å². The number of alkyl halides is 3. The summed E-state index contributed by atoms with van der Waals surface area (Å²) in [5.41, 5.74) is 1.56. The Morgan fingerprint density at radius 1 is 1.11 bits per heavy atom. The number of fused-ring (bicyclic) bond motifs is 1. The number of benzene rings is 2. The molecule has 2 aromatic heterocycles. The number of hydrogen-bond acceptors (Lipinski definition) is 7. The fraction of sp³-hybridized carbons (Fsp3) is 0.292. The molecule has 4 aromatic rings. The number of anilines is 2. The number of methoxy groups -OCH3 is 1. The van der Waals surface area contributed by atoms with Crippen LogP contribution < -0.4 is 15.0 Å². The molecule has 0 radical (unpaired) electrons. The first-order valence-corrected chi connectivity index (χ1v) is 12.2. The van der Waals surface area contributed by atoms with Gasteiger partial charge in [-0.3, -0.25) is 9.69 Å². The highest BCUT2D eigenvalue weighted by Gasteiger charge is 2.40. The molecule has 37 heavy (non-hydrogen) atoms. The van der Waals surface area contributed by atoms with Gasteiger partial charge in [0.15, 0.2) is 5.82 Å². The first kappa shape index (κ1) is 25.0. The largest absolute Gasteiger partial charge is 0.497 e. The number of carbonyl (C=O) groups is 1. The van der Waals surface area contributed by atoms with Gasteiger partial charge in [-0.25, -0.2) is 9.37 Å². The maximum Gasteiger partial charge on any atom is 0.471 e. The Balaban J connectivity index is 1.36. The molecule has 0 atom stereocenters. The molecule has 1 N–H and O–H groups in total. The number of nitrogens with one attached hydrogen (secondary N) is 1. The first-order chi connectivity index (χ1) is 17.7. The van der Waals surface area contributed by atoms with Gasteiger partial charge in [0.1, 0.15) is 17.3 Å². The van der Waals surface area contributed by atoms with Crippen LogP contribution >= 0.6 is 11.3 Å². The van der Waals surface area contributed by atoms with Crippen LogP contribution in [0.3, 0.4) is 0 Å². The van der Waals surface area contributed by atoms with E-state index in [2.05, 4.69) is 15.0 Å². The van der Waals surface area contributed by atoms with Crippen molar-refractivity contribution in [3.63, 3.8) is 0 Å². The van der Waals surface area contributed by atoms with E-state index in [1.54, 1.807) is 7.11 Å². The van der Waals surface area contributed by atoms with Gasteiger partial charge in [-0.2, -0.15) is 17.7 Å². The Morgan fingerprint density at radius 3 is 2.51 bits per heavy atom. The normalized spacial score (nSPS) is 14.8. The fourth-order valence-electron chi connectivity index (χ4n) is 4.09. The molecule has 0 unspecified atom stereocenters. The lowest BCUT2D eigenvalue weighted by atomic mass is 10.1. The van der Waals surface area contributed by atoms with E-state index in [-0.39, 0.29) is 11.5 Å². The SMILES string of the molecule is COc1cccc(CN2CCN(c3nn4c(NC(=O)C(F)(F)F)c(-c5ccc(F)cc5)nc4s3)CC2)c1. The second-order valence-corrected chi connectivity index (χ2v) is 9.40. The van der Waals surface area contributed by atoms with Crippen molar-refractivity contribution in [2.24, 2.45) is 0 Å². The summed E-state index contributed by atoms with van der Waals surface area (Å²) < 4.78 is 59.0. The van der Waals surface area contributed by atoms with Crippen molar-refractivity contribution in [2.45, 2.75) is 12.7 Å². The summed E-state index contributed by atoms with van der Waals surface area (Å²) in [6.45, 7) is 3.61. The van der Waals surface area contributed by atoms with Crippen LogP contribution in [0, 0.1) is 5.82 Å². The van der Waals surface area contributed by atoms with Gasteiger partial charge in [-0.15, -0.1) is 5.10 Å². The lowest BCUT2D eigenvalue weighted by molar-refractivity contribution is -0.167. The third-order valence-electron chi connectivity index (χ3n) is 5.98. The Labute approximate surface area is 213 Å². The predicted molar refractivity (Wildman–Crippen MR) is 131 cm³/mol. The fourth-order valence-corrected chi connectivity index (χ4v) is 5.04. The highest BCUT2D eigenvalue weighted by atomic mass is 32.1. The summed E-state index contributed by atoms with van der Waals surface area (Å²) in [6, 6.07) is 13.0. The molecule has 1 amide bonds.